The molecule has 0 aromatic heterocycles. The van der Waals surface area contributed by atoms with Gasteiger partial charge in [-0.25, -0.2) is 0 Å². The number of para-hydroxylation sites is 1. The molecule has 0 aliphatic rings. The van der Waals surface area contributed by atoms with Crippen molar-refractivity contribution in [3.63, 3.8) is 0 Å². The minimum absolute atomic E-state index is 0.133. The van der Waals surface area contributed by atoms with E-state index in [0.717, 1.165) is 17.9 Å². The minimum atomic E-state index is -0.133. The maximum Gasteiger partial charge on any atom is 0.134 e. The molecule has 0 aliphatic carbocycles. The molecule has 0 heterocycles. The first kappa shape index (κ1) is 12.6. The summed E-state index contributed by atoms with van der Waals surface area (Å²) in [6, 6.07) is 7.58. The van der Waals surface area contributed by atoms with Gasteiger partial charge in [0.1, 0.15) is 19.0 Å². The maximum atomic E-state index is 8.65. The highest BCUT2D eigenvalue weighted by Gasteiger charge is 1.99. The summed E-state index contributed by atoms with van der Waals surface area (Å²) in [5.41, 5.74) is 0.815. The molecule has 0 saturated carbocycles. The van der Waals surface area contributed by atoms with E-state index in [4.69, 9.17) is 9.84 Å². The van der Waals surface area contributed by atoms with E-state index in [0.29, 0.717) is 6.61 Å². The predicted octanol–water partition coefficient (Wildman–Crippen LogP) is 0.971. The average molecular weight is 219 g/mol. The summed E-state index contributed by atoms with van der Waals surface area (Å²) in [6.45, 7) is 1.36. The SMILES string of the molecule is CN(C)CCOc1ccccc1C#CCO. The van der Waals surface area contributed by atoms with Gasteiger partial charge in [-0.2, -0.15) is 0 Å². The molecule has 1 aromatic carbocycles. The summed E-state index contributed by atoms with van der Waals surface area (Å²) in [7, 11) is 4.00. The number of hydrogen-bond donors (Lipinski definition) is 1. The summed E-state index contributed by atoms with van der Waals surface area (Å²) < 4.78 is 5.62. The molecule has 0 spiro atoms. The Morgan fingerprint density at radius 1 is 1.31 bits per heavy atom. The molecule has 0 bridgehead atoms. The molecular formula is C13H17NO2. The lowest BCUT2D eigenvalue weighted by molar-refractivity contribution is 0.261. The Hall–Kier alpha value is -1.50. The zero-order valence-electron chi connectivity index (χ0n) is 9.73. The van der Waals surface area contributed by atoms with Crippen molar-refractivity contribution in [2.75, 3.05) is 33.9 Å². The van der Waals surface area contributed by atoms with Crippen molar-refractivity contribution in [3.05, 3.63) is 29.8 Å². The highest BCUT2D eigenvalue weighted by molar-refractivity contribution is 5.45. The highest BCUT2D eigenvalue weighted by atomic mass is 16.5. The fourth-order valence-corrected chi connectivity index (χ4v) is 1.17. The van der Waals surface area contributed by atoms with Gasteiger partial charge in [-0.05, 0) is 26.2 Å². The van der Waals surface area contributed by atoms with Gasteiger partial charge in [0.05, 0.1) is 5.56 Å². The van der Waals surface area contributed by atoms with E-state index >= 15 is 0 Å². The van der Waals surface area contributed by atoms with E-state index in [-0.39, 0.29) is 6.61 Å². The Morgan fingerprint density at radius 3 is 2.75 bits per heavy atom. The third-order valence-electron chi connectivity index (χ3n) is 1.99. The molecule has 0 aliphatic heterocycles. The molecule has 0 saturated heterocycles. The van der Waals surface area contributed by atoms with Crippen molar-refractivity contribution in [1.29, 1.82) is 0 Å². The van der Waals surface area contributed by atoms with Crippen LogP contribution in [0.1, 0.15) is 5.56 Å². The van der Waals surface area contributed by atoms with Crippen molar-refractivity contribution in [2.24, 2.45) is 0 Å². The Labute approximate surface area is 96.7 Å². The van der Waals surface area contributed by atoms with Gasteiger partial charge in [-0.15, -0.1) is 0 Å². The summed E-state index contributed by atoms with van der Waals surface area (Å²) in [4.78, 5) is 2.06. The van der Waals surface area contributed by atoms with Crippen LogP contribution in [0.3, 0.4) is 0 Å². The van der Waals surface area contributed by atoms with Gasteiger partial charge in [0, 0.05) is 6.54 Å². The van der Waals surface area contributed by atoms with Crippen LogP contribution in [-0.2, 0) is 0 Å². The van der Waals surface area contributed by atoms with Crippen LogP contribution in [-0.4, -0.2) is 43.9 Å². The van der Waals surface area contributed by atoms with E-state index in [2.05, 4.69) is 16.7 Å². The Bertz CT molecular complexity index is 377. The number of nitrogens with zero attached hydrogens (tertiary/aromatic N) is 1. The van der Waals surface area contributed by atoms with Gasteiger partial charge >= 0.3 is 0 Å². The number of benzene rings is 1. The number of rotatable bonds is 4. The van der Waals surface area contributed by atoms with Crippen LogP contribution in [0.2, 0.25) is 0 Å². The molecule has 1 rings (SSSR count). The lowest BCUT2D eigenvalue weighted by atomic mass is 10.2. The van der Waals surface area contributed by atoms with Gasteiger partial charge in [-0.3, -0.25) is 0 Å². The normalized spacial score (nSPS) is 9.75. The molecule has 3 nitrogen and oxygen atoms in total. The standard InChI is InChI=1S/C13H17NO2/c1-14(2)9-11-16-13-8-4-3-6-12(13)7-5-10-15/h3-4,6,8,15H,9-11H2,1-2H3. The van der Waals surface area contributed by atoms with Crippen molar-refractivity contribution < 1.29 is 9.84 Å². The number of hydrogen-bond acceptors (Lipinski definition) is 3. The first-order valence-electron chi connectivity index (χ1n) is 5.20. The van der Waals surface area contributed by atoms with Crippen LogP contribution in [0, 0.1) is 11.8 Å². The Morgan fingerprint density at radius 2 is 2.06 bits per heavy atom. The largest absolute Gasteiger partial charge is 0.491 e. The van der Waals surface area contributed by atoms with Gasteiger partial charge < -0.3 is 14.7 Å². The summed E-state index contributed by atoms with van der Waals surface area (Å²) >= 11 is 0. The van der Waals surface area contributed by atoms with Gasteiger partial charge in [-0.1, -0.05) is 24.0 Å². The zero-order chi connectivity index (χ0) is 11.8. The molecule has 1 N–H and O–H groups in total. The number of aliphatic hydroxyl groups excluding tert-OH is 1. The molecule has 86 valence electrons. The Balaban J connectivity index is 2.64. The van der Waals surface area contributed by atoms with E-state index in [9.17, 15) is 0 Å². The second-order valence-corrected chi connectivity index (χ2v) is 3.61. The number of likely N-dealkylation sites (N-methyl/N-ethyl adjacent to an activating group) is 1. The summed E-state index contributed by atoms with van der Waals surface area (Å²) in [5.74, 6) is 6.25. The smallest absolute Gasteiger partial charge is 0.134 e. The molecule has 0 amide bonds. The number of ether oxygens (including phenoxy) is 1. The van der Waals surface area contributed by atoms with E-state index in [1.165, 1.54) is 0 Å². The molecule has 0 fully saturated rings. The first-order chi connectivity index (χ1) is 7.74. The van der Waals surface area contributed by atoms with Crippen LogP contribution in [0.15, 0.2) is 24.3 Å². The molecule has 0 unspecified atom stereocenters. The fourth-order valence-electron chi connectivity index (χ4n) is 1.17. The average Bonchev–Trinajstić information content (AvgIpc) is 2.27. The molecule has 3 heteroatoms. The van der Waals surface area contributed by atoms with Crippen LogP contribution in [0.5, 0.6) is 5.75 Å². The maximum absolute atomic E-state index is 8.65. The zero-order valence-corrected chi connectivity index (χ0v) is 9.73. The minimum Gasteiger partial charge on any atom is -0.491 e. The highest BCUT2D eigenvalue weighted by Crippen LogP contribution is 2.16. The quantitative estimate of drug-likeness (QED) is 0.766. The monoisotopic (exact) mass is 219 g/mol. The lowest BCUT2D eigenvalue weighted by Gasteiger charge is -2.11. The van der Waals surface area contributed by atoms with E-state index in [1.54, 1.807) is 0 Å². The third kappa shape index (κ3) is 4.35. The van der Waals surface area contributed by atoms with Crippen LogP contribution < -0.4 is 4.74 Å². The molecule has 0 radical (unpaired) electrons. The van der Waals surface area contributed by atoms with Crippen LogP contribution in [0.4, 0.5) is 0 Å². The topological polar surface area (TPSA) is 32.7 Å². The molecular weight excluding hydrogens is 202 g/mol. The predicted molar refractivity (Wildman–Crippen MR) is 64.5 cm³/mol. The van der Waals surface area contributed by atoms with Crippen molar-refractivity contribution in [2.45, 2.75) is 0 Å². The Kier molecular flexibility index (Phi) is 5.41. The van der Waals surface area contributed by atoms with Crippen LogP contribution in [0.25, 0.3) is 0 Å². The fraction of sp³-hybridized carbons (Fsp3) is 0.385. The van der Waals surface area contributed by atoms with Crippen molar-refractivity contribution in [1.82, 2.24) is 4.90 Å². The third-order valence-corrected chi connectivity index (χ3v) is 1.99. The molecule has 16 heavy (non-hydrogen) atoms. The second kappa shape index (κ2) is 6.89. The van der Waals surface area contributed by atoms with Crippen LogP contribution >= 0.6 is 0 Å². The lowest BCUT2D eigenvalue weighted by Crippen LogP contribution is -2.19. The first-order valence-corrected chi connectivity index (χ1v) is 5.20. The van der Waals surface area contributed by atoms with Gasteiger partial charge in [0.25, 0.3) is 0 Å². The molecule has 1 aromatic rings. The second-order valence-electron chi connectivity index (χ2n) is 3.61. The van der Waals surface area contributed by atoms with Crippen molar-refractivity contribution >= 4 is 0 Å². The van der Waals surface area contributed by atoms with E-state index < -0.39 is 0 Å². The molecule has 0 atom stereocenters. The van der Waals surface area contributed by atoms with E-state index in [1.807, 2.05) is 38.4 Å². The number of aliphatic hydroxyl groups is 1. The summed E-state index contributed by atoms with van der Waals surface area (Å²) in [6.07, 6.45) is 0. The van der Waals surface area contributed by atoms with Gasteiger partial charge in [0.2, 0.25) is 0 Å². The summed E-state index contributed by atoms with van der Waals surface area (Å²) in [5, 5.41) is 8.65. The van der Waals surface area contributed by atoms with Crippen molar-refractivity contribution in [3.8, 4) is 17.6 Å². The van der Waals surface area contributed by atoms with Gasteiger partial charge in [0.15, 0.2) is 0 Å².